The normalized spacial score (nSPS) is 10.9. The third kappa shape index (κ3) is 5.12. The number of hydrogen-bond donors (Lipinski definition) is 1. The van der Waals surface area contributed by atoms with E-state index in [1.54, 1.807) is 29.0 Å². The molecule has 3 aromatic heterocycles. The highest BCUT2D eigenvalue weighted by molar-refractivity contribution is 7.98. The Bertz CT molecular complexity index is 1440. The van der Waals surface area contributed by atoms with Crippen LogP contribution in [0.15, 0.2) is 94.8 Å². The molecule has 0 fully saturated rings. The number of nitrogens with zero attached hydrogens (tertiary/aromatic N) is 5. The van der Waals surface area contributed by atoms with Gasteiger partial charge in [0.25, 0.3) is 5.91 Å². The Morgan fingerprint density at radius 1 is 1.00 bits per heavy atom. The van der Waals surface area contributed by atoms with Crippen LogP contribution in [-0.2, 0) is 12.3 Å². The summed E-state index contributed by atoms with van der Waals surface area (Å²) in [5.41, 5.74) is 2.04. The lowest BCUT2D eigenvalue weighted by atomic mass is 10.2. The van der Waals surface area contributed by atoms with E-state index in [4.69, 9.17) is 4.42 Å². The smallest absolute Gasteiger partial charge is 0.273 e. The number of rotatable bonds is 8. The summed E-state index contributed by atoms with van der Waals surface area (Å²) >= 11 is 1.28. The molecule has 0 spiro atoms. The van der Waals surface area contributed by atoms with E-state index < -0.39 is 5.82 Å². The van der Waals surface area contributed by atoms with E-state index in [0.717, 1.165) is 11.3 Å². The van der Waals surface area contributed by atoms with Crippen molar-refractivity contribution in [1.82, 2.24) is 30.0 Å². The van der Waals surface area contributed by atoms with E-state index in [-0.39, 0.29) is 23.9 Å². The van der Waals surface area contributed by atoms with Gasteiger partial charge in [-0.2, -0.15) is 0 Å². The summed E-state index contributed by atoms with van der Waals surface area (Å²) in [7, 11) is 0. The second-order valence-corrected chi connectivity index (χ2v) is 8.32. The van der Waals surface area contributed by atoms with Crippen LogP contribution >= 0.6 is 11.8 Å². The average molecular weight is 487 g/mol. The highest BCUT2D eigenvalue weighted by Crippen LogP contribution is 2.30. The molecular formula is C25H19FN6O2S. The van der Waals surface area contributed by atoms with Gasteiger partial charge in [-0.3, -0.25) is 14.3 Å². The Hall–Kier alpha value is -4.31. The molecule has 0 bridgehead atoms. The largest absolute Gasteiger partial charge is 0.447 e. The molecule has 1 N–H and O–H groups in total. The van der Waals surface area contributed by atoms with Crippen LogP contribution in [0.2, 0.25) is 0 Å². The standard InChI is InChI=1S/C25H19FN6O2S/c26-19-11-4-5-12-21(19)32-23(17-8-2-1-3-9-17)30-31-25(32)35-16-22-29-20(15-34-22)24(33)28-14-18-10-6-7-13-27-18/h1-13,15H,14,16H2,(H,28,33). The molecule has 3 heterocycles. The Balaban J connectivity index is 1.33. The molecule has 1 amide bonds. The van der Waals surface area contributed by atoms with E-state index in [1.807, 2.05) is 48.5 Å². The molecule has 5 aromatic rings. The molecule has 2 aromatic carbocycles. The average Bonchev–Trinajstić information content (AvgIpc) is 3.55. The van der Waals surface area contributed by atoms with E-state index in [2.05, 4.69) is 25.5 Å². The van der Waals surface area contributed by atoms with Gasteiger partial charge in [0.2, 0.25) is 5.89 Å². The molecule has 0 unspecified atom stereocenters. The number of pyridine rings is 1. The van der Waals surface area contributed by atoms with Gasteiger partial charge in [0, 0.05) is 11.8 Å². The van der Waals surface area contributed by atoms with E-state index in [0.29, 0.717) is 22.6 Å². The summed E-state index contributed by atoms with van der Waals surface area (Å²) in [4.78, 5) is 20.8. The first kappa shape index (κ1) is 22.5. The second-order valence-electron chi connectivity index (χ2n) is 7.38. The van der Waals surface area contributed by atoms with Crippen molar-refractivity contribution in [2.45, 2.75) is 17.5 Å². The number of nitrogens with one attached hydrogen (secondary N) is 1. The molecular weight excluding hydrogens is 467 g/mol. The number of carbonyl (C=O) groups excluding carboxylic acids is 1. The van der Waals surface area contributed by atoms with Crippen molar-refractivity contribution in [3.8, 4) is 17.1 Å². The van der Waals surface area contributed by atoms with E-state index in [9.17, 15) is 9.18 Å². The monoisotopic (exact) mass is 486 g/mol. The highest BCUT2D eigenvalue weighted by atomic mass is 32.2. The first-order chi connectivity index (χ1) is 17.2. The minimum atomic E-state index is -0.394. The number of oxazole rings is 1. The van der Waals surface area contributed by atoms with Gasteiger partial charge < -0.3 is 9.73 Å². The van der Waals surface area contributed by atoms with Gasteiger partial charge in [-0.1, -0.05) is 60.3 Å². The predicted molar refractivity (Wildman–Crippen MR) is 128 cm³/mol. The van der Waals surface area contributed by atoms with Crippen molar-refractivity contribution in [1.29, 1.82) is 0 Å². The molecule has 0 aliphatic carbocycles. The van der Waals surface area contributed by atoms with Gasteiger partial charge in [0.1, 0.15) is 12.1 Å². The van der Waals surface area contributed by atoms with Crippen molar-refractivity contribution < 1.29 is 13.6 Å². The SMILES string of the molecule is O=C(NCc1ccccn1)c1coc(CSc2nnc(-c3ccccc3)n2-c2ccccc2F)n1. The molecule has 0 atom stereocenters. The van der Waals surface area contributed by atoms with Gasteiger partial charge in [0.15, 0.2) is 16.7 Å². The highest BCUT2D eigenvalue weighted by Gasteiger charge is 2.20. The van der Waals surface area contributed by atoms with Gasteiger partial charge in [-0.15, -0.1) is 10.2 Å². The molecule has 5 rings (SSSR count). The molecule has 174 valence electrons. The zero-order valence-electron chi connectivity index (χ0n) is 18.3. The Kier molecular flexibility index (Phi) is 6.62. The molecule has 0 aliphatic rings. The maximum absolute atomic E-state index is 14.7. The number of para-hydroxylation sites is 1. The summed E-state index contributed by atoms with van der Waals surface area (Å²) in [6.45, 7) is 0.282. The summed E-state index contributed by atoms with van der Waals surface area (Å²) < 4.78 is 21.9. The quantitative estimate of drug-likeness (QED) is 0.318. The molecule has 0 radical (unpaired) electrons. The van der Waals surface area contributed by atoms with Crippen LogP contribution < -0.4 is 5.32 Å². The van der Waals surface area contributed by atoms with Gasteiger partial charge in [-0.05, 0) is 24.3 Å². The Morgan fingerprint density at radius 3 is 2.60 bits per heavy atom. The van der Waals surface area contributed by atoms with E-state index in [1.165, 1.54) is 24.1 Å². The number of benzene rings is 2. The molecule has 8 nitrogen and oxygen atoms in total. The summed E-state index contributed by atoms with van der Waals surface area (Å²) in [6, 6.07) is 21.4. The fourth-order valence-corrected chi connectivity index (χ4v) is 4.16. The van der Waals surface area contributed by atoms with Gasteiger partial charge in [-0.25, -0.2) is 9.37 Å². The van der Waals surface area contributed by atoms with Crippen molar-refractivity contribution >= 4 is 17.7 Å². The fraction of sp³-hybridized carbons (Fsp3) is 0.0800. The number of hydrogen-bond acceptors (Lipinski definition) is 7. The number of aromatic nitrogens is 5. The van der Waals surface area contributed by atoms with Crippen LogP contribution in [0.4, 0.5) is 4.39 Å². The first-order valence-corrected chi connectivity index (χ1v) is 11.7. The van der Waals surface area contributed by atoms with E-state index >= 15 is 0 Å². The lowest BCUT2D eigenvalue weighted by molar-refractivity contribution is 0.0945. The predicted octanol–water partition coefficient (Wildman–Crippen LogP) is 4.68. The Labute approximate surface area is 204 Å². The lowest BCUT2D eigenvalue weighted by Gasteiger charge is -2.10. The number of thioether (sulfide) groups is 1. The number of halogens is 1. The maximum atomic E-state index is 14.7. The van der Waals surface area contributed by atoms with Crippen LogP contribution in [0.5, 0.6) is 0 Å². The van der Waals surface area contributed by atoms with Gasteiger partial charge in [0.05, 0.1) is 23.7 Å². The van der Waals surface area contributed by atoms with Crippen molar-refractivity contribution in [2.24, 2.45) is 0 Å². The fourth-order valence-electron chi connectivity index (χ4n) is 3.36. The summed E-state index contributed by atoms with van der Waals surface area (Å²) in [6.07, 6.45) is 2.97. The van der Waals surface area contributed by atoms with Crippen LogP contribution in [-0.4, -0.2) is 30.6 Å². The number of amides is 1. The third-order valence-corrected chi connectivity index (χ3v) is 5.94. The molecule has 10 heteroatoms. The van der Waals surface area contributed by atoms with Crippen LogP contribution in [0.25, 0.3) is 17.1 Å². The zero-order valence-corrected chi connectivity index (χ0v) is 19.2. The topological polar surface area (TPSA) is 98.7 Å². The Morgan fingerprint density at radius 2 is 1.80 bits per heavy atom. The van der Waals surface area contributed by atoms with Crippen LogP contribution in [0.1, 0.15) is 22.1 Å². The first-order valence-electron chi connectivity index (χ1n) is 10.7. The zero-order chi connectivity index (χ0) is 24.0. The second kappa shape index (κ2) is 10.3. The molecule has 0 saturated heterocycles. The summed E-state index contributed by atoms with van der Waals surface area (Å²) in [5, 5.41) is 11.8. The third-order valence-electron chi connectivity index (χ3n) is 5.02. The molecule has 0 saturated carbocycles. The lowest BCUT2D eigenvalue weighted by Crippen LogP contribution is -2.23. The van der Waals surface area contributed by atoms with Gasteiger partial charge >= 0.3 is 0 Å². The van der Waals surface area contributed by atoms with Crippen LogP contribution in [0.3, 0.4) is 0 Å². The number of carbonyl (C=O) groups is 1. The molecule has 0 aliphatic heterocycles. The summed E-state index contributed by atoms with van der Waals surface area (Å²) in [5.74, 6) is 0.364. The van der Waals surface area contributed by atoms with Crippen LogP contribution in [0, 0.1) is 5.82 Å². The van der Waals surface area contributed by atoms with Crippen molar-refractivity contribution in [3.05, 3.63) is 108 Å². The minimum Gasteiger partial charge on any atom is -0.447 e. The van der Waals surface area contributed by atoms with Crippen molar-refractivity contribution in [3.63, 3.8) is 0 Å². The van der Waals surface area contributed by atoms with Crippen molar-refractivity contribution in [2.75, 3.05) is 0 Å². The molecule has 35 heavy (non-hydrogen) atoms. The maximum Gasteiger partial charge on any atom is 0.273 e. The minimum absolute atomic E-state index is 0.164.